The molecular formula is C12H13ClO6S. The third-order valence-electron chi connectivity index (χ3n) is 2.27. The lowest BCUT2D eigenvalue weighted by Crippen LogP contribution is -2.15. The average Bonchev–Trinajstić information content (AvgIpc) is 2.37. The molecule has 1 rings (SSSR count). The van der Waals surface area contributed by atoms with Crippen LogP contribution >= 0.6 is 10.7 Å². The summed E-state index contributed by atoms with van der Waals surface area (Å²) in [5.74, 6) is -1.96. The molecule has 0 heterocycles. The van der Waals surface area contributed by atoms with Crippen LogP contribution in [0.15, 0.2) is 24.3 Å². The lowest BCUT2D eigenvalue weighted by molar-refractivity contribution is 0.0491. The number of hydrogen-bond acceptors (Lipinski definition) is 6. The van der Waals surface area contributed by atoms with Crippen LogP contribution in [0.5, 0.6) is 0 Å². The molecular weight excluding hydrogens is 308 g/mol. The van der Waals surface area contributed by atoms with E-state index in [0.29, 0.717) is 6.42 Å². The van der Waals surface area contributed by atoms with Gasteiger partial charge in [-0.1, -0.05) is 25.5 Å². The molecule has 20 heavy (non-hydrogen) atoms. The first-order chi connectivity index (χ1) is 9.35. The molecule has 0 aliphatic heterocycles. The smallest absolute Gasteiger partial charge is 0.404 e. The zero-order valence-corrected chi connectivity index (χ0v) is 12.2. The second-order valence-electron chi connectivity index (χ2n) is 3.80. The summed E-state index contributed by atoms with van der Waals surface area (Å²) >= 11 is 0. The largest absolute Gasteiger partial charge is 0.462 e. The molecule has 0 aliphatic carbocycles. The summed E-state index contributed by atoms with van der Waals surface area (Å²) in [6.45, 7) is 2.15. The molecule has 0 saturated heterocycles. The highest BCUT2D eigenvalue weighted by molar-refractivity contribution is 8.10. The zero-order chi connectivity index (χ0) is 15.2. The van der Waals surface area contributed by atoms with Crippen LogP contribution in [0.3, 0.4) is 0 Å². The van der Waals surface area contributed by atoms with E-state index in [2.05, 4.69) is 4.18 Å². The molecule has 110 valence electrons. The fourth-order valence-corrected chi connectivity index (χ4v) is 1.80. The molecule has 0 fully saturated rings. The fraction of sp³-hybridized carbons (Fsp3) is 0.333. The van der Waals surface area contributed by atoms with E-state index in [1.807, 2.05) is 6.92 Å². The molecule has 0 unspecified atom stereocenters. The minimum Gasteiger partial charge on any atom is -0.462 e. The molecule has 0 atom stereocenters. The van der Waals surface area contributed by atoms with Gasteiger partial charge >= 0.3 is 21.3 Å². The summed E-state index contributed by atoms with van der Waals surface area (Å²) in [5, 5.41) is 0. The SMILES string of the molecule is CCCCOC(=O)c1ccccc1C(=O)OS(=O)(=O)Cl. The van der Waals surface area contributed by atoms with Crippen LogP contribution in [0.4, 0.5) is 0 Å². The third kappa shape index (κ3) is 5.18. The fourth-order valence-electron chi connectivity index (χ4n) is 1.36. The van der Waals surface area contributed by atoms with Crippen molar-refractivity contribution in [3.63, 3.8) is 0 Å². The van der Waals surface area contributed by atoms with Crippen LogP contribution in [0.1, 0.15) is 40.5 Å². The Morgan fingerprint density at radius 1 is 1.15 bits per heavy atom. The zero-order valence-electron chi connectivity index (χ0n) is 10.7. The number of esters is 1. The Balaban J connectivity index is 2.93. The van der Waals surface area contributed by atoms with Crippen LogP contribution in [-0.4, -0.2) is 27.0 Å². The highest BCUT2D eigenvalue weighted by atomic mass is 35.7. The Morgan fingerprint density at radius 2 is 1.70 bits per heavy atom. The number of ether oxygens (including phenoxy) is 1. The summed E-state index contributed by atoms with van der Waals surface area (Å²) in [5.41, 5.74) is -0.299. The highest BCUT2D eigenvalue weighted by Gasteiger charge is 2.22. The van der Waals surface area contributed by atoms with Gasteiger partial charge in [0.25, 0.3) is 0 Å². The van der Waals surface area contributed by atoms with Gasteiger partial charge in [0, 0.05) is 0 Å². The summed E-state index contributed by atoms with van der Waals surface area (Å²) < 4.78 is 30.4. The Morgan fingerprint density at radius 3 is 2.20 bits per heavy atom. The van der Waals surface area contributed by atoms with Gasteiger partial charge < -0.3 is 8.92 Å². The van der Waals surface area contributed by atoms with Crippen molar-refractivity contribution in [1.82, 2.24) is 0 Å². The maximum absolute atomic E-state index is 11.8. The Bertz CT molecular complexity index is 596. The molecule has 0 spiro atoms. The Labute approximate surface area is 121 Å². The van der Waals surface area contributed by atoms with Crippen LogP contribution < -0.4 is 0 Å². The molecule has 6 nitrogen and oxygen atoms in total. The molecule has 1 aromatic rings. The van der Waals surface area contributed by atoms with Gasteiger partial charge in [-0.25, -0.2) is 9.59 Å². The second kappa shape index (κ2) is 7.25. The first kappa shape index (κ1) is 16.5. The van der Waals surface area contributed by atoms with Crippen LogP contribution in [0.2, 0.25) is 0 Å². The number of carbonyl (C=O) groups excluding carboxylic acids is 2. The molecule has 8 heteroatoms. The van der Waals surface area contributed by atoms with Gasteiger partial charge in [-0.15, -0.1) is 0 Å². The van der Waals surface area contributed by atoms with Crippen molar-refractivity contribution in [1.29, 1.82) is 0 Å². The molecule has 0 aliphatic rings. The quantitative estimate of drug-likeness (QED) is 0.454. The lowest BCUT2D eigenvalue weighted by Gasteiger charge is -2.07. The van der Waals surface area contributed by atoms with Gasteiger partial charge in [0.2, 0.25) is 0 Å². The molecule has 0 saturated carbocycles. The Kier molecular flexibility index (Phi) is 5.97. The molecule has 0 radical (unpaired) electrons. The van der Waals surface area contributed by atoms with Gasteiger partial charge in [-0.2, -0.15) is 8.42 Å². The predicted octanol–water partition coefficient (Wildman–Crippen LogP) is 2.28. The van der Waals surface area contributed by atoms with E-state index < -0.39 is 21.3 Å². The summed E-state index contributed by atoms with van der Waals surface area (Å²) in [6.07, 6.45) is 1.54. The number of carbonyl (C=O) groups is 2. The molecule has 1 aromatic carbocycles. The van der Waals surface area contributed by atoms with E-state index in [1.54, 1.807) is 0 Å². The van der Waals surface area contributed by atoms with Crippen molar-refractivity contribution in [2.24, 2.45) is 0 Å². The van der Waals surface area contributed by atoms with E-state index in [1.165, 1.54) is 24.3 Å². The Hall–Kier alpha value is -1.60. The maximum Gasteiger partial charge on any atom is 0.404 e. The molecule has 0 amide bonds. The lowest BCUT2D eigenvalue weighted by atomic mass is 10.1. The third-order valence-corrected chi connectivity index (χ3v) is 2.81. The van der Waals surface area contributed by atoms with Crippen molar-refractivity contribution >= 4 is 32.0 Å². The standard InChI is InChI=1S/C12H13ClO6S/c1-2-3-8-18-11(14)9-6-4-5-7-10(9)12(15)19-20(13,16)17/h4-7H,2-3,8H2,1H3. The van der Waals surface area contributed by atoms with Crippen molar-refractivity contribution in [3.8, 4) is 0 Å². The number of benzene rings is 1. The topological polar surface area (TPSA) is 86.7 Å². The van der Waals surface area contributed by atoms with Crippen molar-refractivity contribution in [2.45, 2.75) is 19.8 Å². The number of halogens is 1. The van der Waals surface area contributed by atoms with Crippen molar-refractivity contribution < 1.29 is 26.9 Å². The second-order valence-corrected chi connectivity index (χ2v) is 5.89. The van der Waals surface area contributed by atoms with Crippen LogP contribution in [-0.2, 0) is 18.3 Å². The van der Waals surface area contributed by atoms with Gasteiger partial charge in [-0.05, 0) is 18.6 Å². The van der Waals surface area contributed by atoms with E-state index in [9.17, 15) is 18.0 Å². The van der Waals surface area contributed by atoms with E-state index in [4.69, 9.17) is 15.4 Å². The predicted molar refractivity (Wildman–Crippen MR) is 71.8 cm³/mol. The van der Waals surface area contributed by atoms with Crippen molar-refractivity contribution in [2.75, 3.05) is 6.61 Å². The maximum atomic E-state index is 11.8. The monoisotopic (exact) mass is 320 g/mol. The summed E-state index contributed by atoms with van der Waals surface area (Å²) in [4.78, 5) is 23.4. The van der Waals surface area contributed by atoms with Crippen LogP contribution in [0.25, 0.3) is 0 Å². The molecule has 0 bridgehead atoms. The number of hydrogen-bond donors (Lipinski definition) is 0. The van der Waals surface area contributed by atoms with Gasteiger partial charge in [0.1, 0.15) is 0 Å². The highest BCUT2D eigenvalue weighted by Crippen LogP contribution is 2.14. The minimum atomic E-state index is -4.46. The van der Waals surface area contributed by atoms with Gasteiger partial charge in [0.15, 0.2) is 0 Å². The first-order valence-electron chi connectivity index (χ1n) is 5.79. The van der Waals surface area contributed by atoms with E-state index in [0.717, 1.165) is 6.42 Å². The van der Waals surface area contributed by atoms with Crippen LogP contribution in [0, 0.1) is 0 Å². The van der Waals surface area contributed by atoms with Gasteiger partial charge in [0.05, 0.1) is 28.4 Å². The minimum absolute atomic E-state index is 0.0751. The first-order valence-corrected chi connectivity index (χ1v) is 8.03. The summed E-state index contributed by atoms with van der Waals surface area (Å²) in [6, 6.07) is 5.56. The van der Waals surface area contributed by atoms with E-state index >= 15 is 0 Å². The normalized spacial score (nSPS) is 10.9. The average molecular weight is 321 g/mol. The molecule has 0 aromatic heterocycles. The van der Waals surface area contributed by atoms with E-state index in [-0.39, 0.29) is 17.7 Å². The van der Waals surface area contributed by atoms with Crippen molar-refractivity contribution in [3.05, 3.63) is 35.4 Å². The summed E-state index contributed by atoms with van der Waals surface area (Å²) in [7, 11) is 0.361. The van der Waals surface area contributed by atoms with Gasteiger partial charge in [-0.3, -0.25) is 0 Å². The molecule has 0 N–H and O–H groups in total. The number of rotatable bonds is 6. The number of unbranched alkanes of at least 4 members (excludes halogenated alkanes) is 1.